The van der Waals surface area contributed by atoms with Gasteiger partial charge in [0.25, 0.3) is 0 Å². The largest absolute Gasteiger partial charge is 0.494 e. The molecule has 0 aromatic heterocycles. The predicted octanol–water partition coefficient (Wildman–Crippen LogP) is 6.02. The van der Waals surface area contributed by atoms with Gasteiger partial charge in [0.1, 0.15) is 18.1 Å². The van der Waals surface area contributed by atoms with E-state index in [1.165, 1.54) is 6.08 Å². The summed E-state index contributed by atoms with van der Waals surface area (Å²) in [5, 5.41) is 20.7. The lowest BCUT2D eigenvalue weighted by molar-refractivity contribution is -0.154. The zero-order chi connectivity index (χ0) is 26.5. The molecule has 1 aliphatic heterocycles. The SMILES string of the molecule is C=CCOc1cc(Cl)c(Cc2ccc(OCC)cc2)cc1C1CC(O)CC(COC(O)C=C)O1.CC. The van der Waals surface area contributed by atoms with E-state index >= 15 is 0 Å². The summed E-state index contributed by atoms with van der Waals surface area (Å²) in [6.07, 6.45) is 1.93. The Bertz CT molecular complexity index is 946. The fourth-order valence-electron chi connectivity index (χ4n) is 3.94. The molecule has 0 radical (unpaired) electrons. The fourth-order valence-corrected chi connectivity index (χ4v) is 4.16. The summed E-state index contributed by atoms with van der Waals surface area (Å²) >= 11 is 6.63. The highest BCUT2D eigenvalue weighted by atomic mass is 35.5. The van der Waals surface area contributed by atoms with Crippen LogP contribution in [0.2, 0.25) is 5.02 Å². The Morgan fingerprint density at radius 2 is 1.86 bits per heavy atom. The van der Waals surface area contributed by atoms with Crippen LogP contribution in [0.5, 0.6) is 11.5 Å². The maximum atomic E-state index is 10.5. The number of aliphatic hydroxyl groups excluding tert-OH is 2. The van der Waals surface area contributed by atoms with E-state index in [1.807, 2.05) is 51.1 Å². The molecule has 36 heavy (non-hydrogen) atoms. The second-order valence-corrected chi connectivity index (χ2v) is 8.57. The molecule has 2 aromatic rings. The lowest BCUT2D eigenvalue weighted by atomic mass is 9.93. The molecule has 0 spiro atoms. The van der Waals surface area contributed by atoms with E-state index in [4.69, 9.17) is 30.5 Å². The molecule has 2 aromatic carbocycles. The van der Waals surface area contributed by atoms with Gasteiger partial charge in [-0.2, -0.15) is 0 Å². The van der Waals surface area contributed by atoms with Crippen LogP contribution in [0.3, 0.4) is 0 Å². The molecule has 4 atom stereocenters. The van der Waals surface area contributed by atoms with E-state index < -0.39 is 18.5 Å². The normalized spacial score (nSPS) is 20.0. The number of hydrogen-bond acceptors (Lipinski definition) is 6. The average Bonchev–Trinajstić information content (AvgIpc) is 2.89. The van der Waals surface area contributed by atoms with Crippen molar-refractivity contribution in [3.8, 4) is 11.5 Å². The monoisotopic (exact) mass is 518 g/mol. The molecule has 0 aliphatic carbocycles. The molecule has 6 nitrogen and oxygen atoms in total. The number of aliphatic hydroxyl groups is 2. The Kier molecular flexibility index (Phi) is 13.0. The molecule has 198 valence electrons. The van der Waals surface area contributed by atoms with Crippen LogP contribution in [0, 0.1) is 0 Å². The highest BCUT2D eigenvalue weighted by molar-refractivity contribution is 6.31. The Morgan fingerprint density at radius 3 is 2.50 bits per heavy atom. The third-order valence-corrected chi connectivity index (χ3v) is 5.90. The van der Waals surface area contributed by atoms with Crippen molar-refractivity contribution in [1.29, 1.82) is 0 Å². The van der Waals surface area contributed by atoms with Gasteiger partial charge in [-0.15, -0.1) is 0 Å². The molecule has 3 rings (SSSR count). The predicted molar refractivity (Wildman–Crippen MR) is 144 cm³/mol. The van der Waals surface area contributed by atoms with E-state index in [1.54, 1.807) is 12.1 Å². The fraction of sp³-hybridized carbons (Fsp3) is 0.448. The van der Waals surface area contributed by atoms with Crippen molar-refractivity contribution in [2.45, 2.75) is 64.6 Å². The first kappa shape index (κ1) is 29.9. The highest BCUT2D eigenvalue weighted by Gasteiger charge is 2.32. The maximum Gasteiger partial charge on any atom is 0.173 e. The number of rotatable bonds is 12. The molecule has 1 heterocycles. The summed E-state index contributed by atoms with van der Waals surface area (Å²) < 4.78 is 23.0. The second-order valence-electron chi connectivity index (χ2n) is 8.17. The van der Waals surface area contributed by atoms with Gasteiger partial charge in [0, 0.05) is 23.4 Å². The number of ether oxygens (including phenoxy) is 4. The third-order valence-electron chi connectivity index (χ3n) is 5.54. The second kappa shape index (κ2) is 15.7. The first-order chi connectivity index (χ1) is 17.4. The van der Waals surface area contributed by atoms with Crippen molar-refractivity contribution in [3.05, 3.63) is 83.4 Å². The number of halogens is 1. The minimum atomic E-state index is -1.08. The Hall–Kier alpha value is -2.35. The zero-order valence-corrected chi connectivity index (χ0v) is 22.2. The minimum absolute atomic E-state index is 0.135. The van der Waals surface area contributed by atoms with Gasteiger partial charge in [0.2, 0.25) is 0 Å². The Labute approximate surface area is 220 Å². The molecule has 4 unspecified atom stereocenters. The molecule has 7 heteroatoms. The van der Waals surface area contributed by atoms with E-state index in [9.17, 15) is 10.2 Å². The maximum absolute atomic E-state index is 10.5. The molecule has 0 amide bonds. The van der Waals surface area contributed by atoms with Crippen LogP contribution in [-0.4, -0.2) is 48.5 Å². The molecule has 0 bridgehead atoms. The van der Waals surface area contributed by atoms with Gasteiger partial charge < -0.3 is 29.2 Å². The smallest absolute Gasteiger partial charge is 0.173 e. The quantitative estimate of drug-likeness (QED) is 0.264. The van der Waals surface area contributed by atoms with Crippen LogP contribution in [0.1, 0.15) is 56.4 Å². The van der Waals surface area contributed by atoms with Crippen molar-refractivity contribution in [2.75, 3.05) is 19.8 Å². The van der Waals surface area contributed by atoms with Gasteiger partial charge in [-0.1, -0.05) is 56.8 Å². The van der Waals surface area contributed by atoms with Gasteiger partial charge >= 0.3 is 0 Å². The van der Waals surface area contributed by atoms with Gasteiger partial charge in [0.15, 0.2) is 6.29 Å². The van der Waals surface area contributed by atoms with E-state index in [-0.39, 0.29) is 12.7 Å². The molecule has 1 saturated heterocycles. The number of benzene rings is 2. The van der Waals surface area contributed by atoms with Gasteiger partial charge in [-0.3, -0.25) is 0 Å². The van der Waals surface area contributed by atoms with Crippen LogP contribution < -0.4 is 9.47 Å². The topological polar surface area (TPSA) is 77.4 Å². The van der Waals surface area contributed by atoms with Gasteiger partial charge in [-0.05, 0) is 54.8 Å². The van der Waals surface area contributed by atoms with Crippen molar-refractivity contribution in [3.63, 3.8) is 0 Å². The van der Waals surface area contributed by atoms with Crippen molar-refractivity contribution >= 4 is 11.6 Å². The standard InChI is InChI=1S/C27H33ClO6.C2H6/c1-4-11-32-25-16-24(28)19(12-18-7-9-21(10-8-18)31-6-3)13-23(25)26-15-20(29)14-22(34-26)17-33-27(30)5-2;1-2/h4-5,7-10,13,16,20,22,26-27,29-30H,1-2,6,11-12,14-15,17H2,3H3;1-2H3. The summed E-state index contributed by atoms with van der Waals surface area (Å²) in [6.45, 7) is 14.2. The minimum Gasteiger partial charge on any atom is -0.494 e. The molecular formula is C29H39ClO6. The zero-order valence-electron chi connectivity index (χ0n) is 21.5. The van der Waals surface area contributed by atoms with E-state index in [2.05, 4.69) is 13.2 Å². The van der Waals surface area contributed by atoms with Crippen molar-refractivity contribution < 1.29 is 29.2 Å². The summed E-state index contributed by atoms with van der Waals surface area (Å²) in [5.41, 5.74) is 2.82. The number of hydrogen-bond donors (Lipinski definition) is 2. The van der Waals surface area contributed by atoms with Crippen LogP contribution in [0.4, 0.5) is 0 Å². The summed E-state index contributed by atoms with van der Waals surface area (Å²) in [7, 11) is 0. The highest BCUT2D eigenvalue weighted by Crippen LogP contribution is 2.40. The molecule has 2 N–H and O–H groups in total. The van der Waals surface area contributed by atoms with E-state index in [0.29, 0.717) is 43.2 Å². The Balaban J connectivity index is 0.00000222. The summed E-state index contributed by atoms with van der Waals surface area (Å²) in [5.74, 6) is 1.41. The van der Waals surface area contributed by atoms with E-state index in [0.717, 1.165) is 22.4 Å². The van der Waals surface area contributed by atoms with Crippen LogP contribution in [0.15, 0.2) is 61.7 Å². The van der Waals surface area contributed by atoms with Crippen LogP contribution in [-0.2, 0) is 15.9 Å². The molecular weight excluding hydrogens is 480 g/mol. The molecule has 1 fully saturated rings. The Morgan fingerprint density at radius 1 is 1.14 bits per heavy atom. The summed E-state index contributed by atoms with van der Waals surface area (Å²) in [6, 6.07) is 11.7. The van der Waals surface area contributed by atoms with Crippen molar-refractivity contribution in [1.82, 2.24) is 0 Å². The van der Waals surface area contributed by atoms with Crippen molar-refractivity contribution in [2.24, 2.45) is 0 Å². The van der Waals surface area contributed by atoms with Gasteiger partial charge in [0.05, 0.1) is 31.5 Å². The average molecular weight is 519 g/mol. The summed E-state index contributed by atoms with van der Waals surface area (Å²) in [4.78, 5) is 0. The lowest BCUT2D eigenvalue weighted by Gasteiger charge is -2.34. The molecule has 0 saturated carbocycles. The van der Waals surface area contributed by atoms with Crippen LogP contribution in [0.25, 0.3) is 0 Å². The third kappa shape index (κ3) is 8.95. The first-order valence-electron chi connectivity index (χ1n) is 12.5. The molecule has 1 aliphatic rings. The first-order valence-corrected chi connectivity index (χ1v) is 12.8. The lowest BCUT2D eigenvalue weighted by Crippen LogP contribution is -2.35. The van der Waals surface area contributed by atoms with Crippen LogP contribution >= 0.6 is 11.6 Å². The van der Waals surface area contributed by atoms with Gasteiger partial charge in [-0.25, -0.2) is 0 Å².